The van der Waals surface area contributed by atoms with E-state index in [2.05, 4.69) is 24.3 Å². The topological polar surface area (TPSA) is 0 Å². The average Bonchev–Trinajstić information content (AvgIpc) is 2.12. The Balaban J connectivity index is -0.0000000973. The summed E-state index contributed by atoms with van der Waals surface area (Å²) < 4.78 is 87.6. The molecule has 0 radical (unpaired) electrons. The van der Waals surface area contributed by atoms with Crippen LogP contribution in [0, 0.1) is 0 Å². The molecule has 0 atom stereocenters. The first-order chi connectivity index (χ1) is 9.20. The van der Waals surface area contributed by atoms with E-state index in [4.69, 9.17) is 0 Å². The van der Waals surface area contributed by atoms with Gasteiger partial charge in [-0.05, 0) is 25.7 Å². The second-order valence-corrected chi connectivity index (χ2v) is 3.82. The van der Waals surface area contributed by atoms with Gasteiger partial charge in [0.25, 0.3) is 0 Å². The summed E-state index contributed by atoms with van der Waals surface area (Å²) in [5.74, 6) is 0. The monoisotopic (exact) mass is 474 g/mol. The number of hydrogen-bond acceptors (Lipinski definition) is 0. The summed E-state index contributed by atoms with van der Waals surface area (Å²) in [5.41, 5.74) is 0. The van der Waals surface area contributed by atoms with E-state index in [9.17, 15) is 37.8 Å². The van der Waals surface area contributed by atoms with Crippen molar-refractivity contribution < 1.29 is 57.3 Å². The third-order valence-electron chi connectivity index (χ3n) is 1.33. The van der Waals surface area contributed by atoms with Gasteiger partial charge < -0.3 is 0 Å². The molecule has 0 heterocycles. The molecule has 0 bridgehead atoms. The first kappa shape index (κ1) is 29.7. The van der Waals surface area contributed by atoms with Crippen LogP contribution in [-0.4, -0.2) is 0 Å². The van der Waals surface area contributed by atoms with Gasteiger partial charge in [0.1, 0.15) is 0 Å². The molecule has 0 amide bonds. The molecule has 0 unspecified atom stereocenters. The molecule has 0 aromatic carbocycles. The zero-order valence-corrected chi connectivity index (χ0v) is 14.7. The van der Waals surface area contributed by atoms with Crippen LogP contribution in [0.2, 0.25) is 0 Å². The second kappa shape index (κ2) is 25.7. The Kier molecular flexibility index (Phi) is 36.4. The van der Waals surface area contributed by atoms with Gasteiger partial charge in [-0.25, -0.2) is 0 Å². The standard InChI is InChI=1S/C8H12.3F3P.Ru/c1-2-4-6-8-7-5-3-1;3*1-4(2)3;/h1-2,7-8H,3-6H2;;;;/b2-1-,8-7?;;;;. The van der Waals surface area contributed by atoms with E-state index in [0.717, 1.165) is 0 Å². The maximum absolute atomic E-state index is 9.73. The minimum absolute atomic E-state index is 0. The Labute approximate surface area is 134 Å². The van der Waals surface area contributed by atoms with E-state index in [1.54, 1.807) is 0 Å². The molecule has 0 spiro atoms. The molecule has 1 aliphatic carbocycles. The SMILES string of the molecule is C1=CCC/C=C\CC1.FP(F)F.FP(F)F.FP(F)F.[Ru]. The fourth-order valence-electron chi connectivity index (χ4n) is 0.856. The summed E-state index contributed by atoms with van der Waals surface area (Å²) in [5, 5.41) is 0. The van der Waals surface area contributed by atoms with Crippen LogP contribution >= 0.6 is 26.6 Å². The van der Waals surface area contributed by atoms with Crippen molar-refractivity contribution in [2.24, 2.45) is 0 Å². The van der Waals surface area contributed by atoms with Gasteiger partial charge >= 0.3 is 26.6 Å². The zero-order chi connectivity index (χ0) is 16.4. The molecule has 0 aromatic heterocycles. The van der Waals surface area contributed by atoms with Crippen LogP contribution in [0.1, 0.15) is 25.7 Å². The molecule has 0 N–H and O–H groups in total. The Morgan fingerprint density at radius 1 is 0.429 bits per heavy atom. The smallest absolute Gasteiger partial charge is 0.152 e. The predicted molar refractivity (Wildman–Crippen MR) is 67.5 cm³/mol. The third-order valence-corrected chi connectivity index (χ3v) is 1.33. The van der Waals surface area contributed by atoms with Crippen molar-refractivity contribution in [2.75, 3.05) is 0 Å². The summed E-state index contributed by atoms with van der Waals surface area (Å²) in [4.78, 5) is 0. The minimum Gasteiger partial charge on any atom is -0.152 e. The van der Waals surface area contributed by atoms with Crippen LogP contribution in [-0.2, 0) is 19.5 Å². The van der Waals surface area contributed by atoms with E-state index in [-0.39, 0.29) is 19.5 Å². The van der Waals surface area contributed by atoms with Gasteiger partial charge in [-0.15, -0.1) is 0 Å². The molecule has 1 rings (SSSR count). The van der Waals surface area contributed by atoms with E-state index < -0.39 is 26.6 Å². The Bertz CT molecular complexity index is 181. The fraction of sp³-hybridized carbons (Fsp3) is 0.500. The molecule has 0 fully saturated rings. The van der Waals surface area contributed by atoms with E-state index >= 15 is 0 Å². The van der Waals surface area contributed by atoms with Gasteiger partial charge in [-0.1, -0.05) is 24.3 Å². The van der Waals surface area contributed by atoms with Crippen LogP contribution in [0.3, 0.4) is 0 Å². The van der Waals surface area contributed by atoms with Crippen molar-refractivity contribution in [1.82, 2.24) is 0 Å². The van der Waals surface area contributed by atoms with E-state index in [1.807, 2.05) is 0 Å². The maximum atomic E-state index is 9.73. The molecule has 0 saturated carbocycles. The van der Waals surface area contributed by atoms with Crippen molar-refractivity contribution in [2.45, 2.75) is 25.7 Å². The molecule has 21 heavy (non-hydrogen) atoms. The molecule has 0 aliphatic heterocycles. The van der Waals surface area contributed by atoms with Crippen LogP contribution in [0.5, 0.6) is 0 Å². The molecular formula is C8H12F9P3Ru. The minimum atomic E-state index is -4.12. The Morgan fingerprint density at radius 2 is 0.524 bits per heavy atom. The summed E-state index contributed by atoms with van der Waals surface area (Å²) in [6.07, 6.45) is 14.0. The third kappa shape index (κ3) is 95.2. The molecule has 0 nitrogen and oxygen atoms in total. The molecular weight excluding hydrogens is 461 g/mol. The van der Waals surface area contributed by atoms with Crippen molar-refractivity contribution >= 4 is 26.6 Å². The quantitative estimate of drug-likeness (QED) is 0.143. The fourth-order valence-corrected chi connectivity index (χ4v) is 0.856. The number of allylic oxidation sites excluding steroid dienone is 4. The molecule has 0 saturated heterocycles. The first-order valence-corrected chi connectivity index (χ1v) is 7.86. The van der Waals surface area contributed by atoms with Crippen LogP contribution in [0.15, 0.2) is 24.3 Å². The van der Waals surface area contributed by atoms with E-state index in [1.165, 1.54) is 25.7 Å². The van der Waals surface area contributed by atoms with E-state index in [0.29, 0.717) is 0 Å². The summed E-state index contributed by atoms with van der Waals surface area (Å²) >= 11 is 0. The number of rotatable bonds is 0. The molecule has 0 aromatic rings. The maximum Gasteiger partial charge on any atom is 0.456 e. The van der Waals surface area contributed by atoms with Crippen molar-refractivity contribution in [3.8, 4) is 0 Å². The van der Waals surface area contributed by atoms with Gasteiger partial charge in [0.2, 0.25) is 0 Å². The molecule has 1 aliphatic rings. The average molecular weight is 473 g/mol. The van der Waals surface area contributed by atoms with Crippen LogP contribution < -0.4 is 0 Å². The number of halogens is 9. The van der Waals surface area contributed by atoms with Gasteiger partial charge in [0.05, 0.1) is 0 Å². The van der Waals surface area contributed by atoms with Gasteiger partial charge in [-0.3, -0.25) is 0 Å². The predicted octanol–water partition coefficient (Wildman–Crippen LogP) is 9.04. The normalized spacial score (nSPS) is 14.3. The molecule has 13 heteroatoms. The zero-order valence-electron chi connectivity index (χ0n) is 10.2. The largest absolute Gasteiger partial charge is 0.456 e. The van der Waals surface area contributed by atoms with Crippen molar-refractivity contribution in [3.05, 3.63) is 24.3 Å². The Morgan fingerprint density at radius 3 is 0.619 bits per heavy atom. The Hall–Kier alpha value is 0.763. The van der Waals surface area contributed by atoms with Gasteiger partial charge in [0, 0.05) is 19.5 Å². The van der Waals surface area contributed by atoms with Crippen molar-refractivity contribution in [1.29, 1.82) is 0 Å². The van der Waals surface area contributed by atoms with Crippen molar-refractivity contribution in [3.63, 3.8) is 0 Å². The summed E-state index contributed by atoms with van der Waals surface area (Å²) in [6, 6.07) is 0. The second-order valence-electron chi connectivity index (χ2n) is 2.67. The van der Waals surface area contributed by atoms with Gasteiger partial charge in [0.15, 0.2) is 0 Å². The van der Waals surface area contributed by atoms with Gasteiger partial charge in [-0.2, -0.15) is 37.8 Å². The first-order valence-electron chi connectivity index (χ1n) is 4.82. The summed E-state index contributed by atoms with van der Waals surface area (Å²) in [6.45, 7) is 0. The molecule has 130 valence electrons. The number of hydrogen-bond donors (Lipinski definition) is 0. The van der Waals surface area contributed by atoms with Crippen LogP contribution in [0.4, 0.5) is 37.8 Å². The van der Waals surface area contributed by atoms with Crippen LogP contribution in [0.25, 0.3) is 0 Å². The summed E-state index contributed by atoms with van der Waals surface area (Å²) in [7, 11) is -12.4.